The van der Waals surface area contributed by atoms with Gasteiger partial charge in [-0.05, 0) is 60.8 Å². The number of carboxylic acids is 1. The molecule has 0 heterocycles. The van der Waals surface area contributed by atoms with E-state index in [2.05, 4.69) is 47.8 Å². The van der Waals surface area contributed by atoms with Crippen molar-refractivity contribution in [1.82, 2.24) is 0 Å². The molecule has 21 heavy (non-hydrogen) atoms. The van der Waals surface area contributed by atoms with E-state index in [4.69, 9.17) is 15.8 Å². The van der Waals surface area contributed by atoms with Crippen molar-refractivity contribution in [2.45, 2.75) is 19.4 Å². The van der Waals surface area contributed by atoms with Crippen molar-refractivity contribution in [2.24, 2.45) is 11.8 Å². The van der Waals surface area contributed by atoms with E-state index in [1.54, 1.807) is 6.07 Å². The van der Waals surface area contributed by atoms with E-state index in [0.717, 1.165) is 0 Å². The van der Waals surface area contributed by atoms with E-state index in [9.17, 15) is 13.2 Å². The molecule has 6 nitrogen and oxygen atoms in total. The summed E-state index contributed by atoms with van der Waals surface area (Å²) in [6.07, 6.45) is -1.11. The summed E-state index contributed by atoms with van der Waals surface area (Å²) in [4.78, 5) is 15.7. The Hall–Kier alpha value is 0.000000000000000444. The highest BCUT2D eigenvalue weighted by molar-refractivity contribution is 9.42. The third-order valence-electron chi connectivity index (χ3n) is 2.81. The first-order valence-corrected chi connectivity index (χ1v) is 9.39. The smallest absolute Gasteiger partial charge is 0.309 e. The monoisotopic (exact) mass is 507 g/mol. The Morgan fingerprint density at radius 2 is 1.86 bits per heavy atom. The van der Waals surface area contributed by atoms with Gasteiger partial charge < -0.3 is 5.11 Å². The molecule has 1 rings (SSSR count). The number of sulfone groups is 1. The number of benzene rings is 1. The molecule has 1 aromatic carbocycles. The van der Waals surface area contributed by atoms with Crippen molar-refractivity contribution in [3.05, 3.63) is 29.8 Å². The lowest BCUT2D eigenvalue weighted by atomic mass is 9.97. The molecule has 3 N–H and O–H groups in total. The maximum atomic E-state index is 12.5. The highest BCUT2D eigenvalue weighted by Crippen LogP contribution is 2.45. The normalized spacial score (nSPS) is 15.5. The summed E-state index contributed by atoms with van der Waals surface area (Å²) in [6, 6.07) is 5.91. The van der Waals surface area contributed by atoms with Crippen LogP contribution in [0, 0.1) is 5.92 Å². The van der Waals surface area contributed by atoms with Crippen LogP contribution in [0.1, 0.15) is 18.6 Å². The number of carbonyl (C=O) groups is 1. The number of halogens is 3. The second-order valence-electron chi connectivity index (χ2n) is 4.17. The molecule has 2 atom stereocenters. The van der Waals surface area contributed by atoms with Gasteiger partial charge in [-0.2, -0.15) is 0 Å². The quantitative estimate of drug-likeness (QED) is 0.467. The van der Waals surface area contributed by atoms with Crippen molar-refractivity contribution in [3.8, 4) is 0 Å². The second kappa shape index (κ2) is 7.05. The first-order chi connectivity index (χ1) is 9.54. The fraction of sp³-hybridized carbons (Fsp3) is 0.364. The van der Waals surface area contributed by atoms with Crippen molar-refractivity contribution >= 4 is 63.6 Å². The molecule has 0 aliphatic rings. The zero-order valence-corrected chi connectivity index (χ0v) is 16.2. The fourth-order valence-electron chi connectivity index (χ4n) is 1.67. The number of alkyl halides is 3. The largest absolute Gasteiger partial charge is 0.481 e. The molecule has 0 aromatic heterocycles. The van der Waals surface area contributed by atoms with Gasteiger partial charge >= 0.3 is 5.97 Å². The lowest BCUT2D eigenvalue weighted by Crippen LogP contribution is -2.27. The Labute approximate surface area is 147 Å². The van der Waals surface area contributed by atoms with Crippen LogP contribution in [0.3, 0.4) is 0 Å². The molecule has 0 bridgehead atoms. The molecule has 1 aromatic rings. The van der Waals surface area contributed by atoms with Crippen LogP contribution >= 0.6 is 47.8 Å². The first kappa shape index (κ1) is 19.0. The molecule has 0 saturated heterocycles. The van der Waals surface area contributed by atoms with Gasteiger partial charge in [0, 0.05) is 5.56 Å². The van der Waals surface area contributed by atoms with Crippen molar-refractivity contribution in [3.63, 3.8) is 0 Å². The lowest BCUT2D eigenvalue weighted by molar-refractivity contribution is -0.147. The van der Waals surface area contributed by atoms with Crippen molar-refractivity contribution in [1.29, 1.82) is 0 Å². The first-order valence-electron chi connectivity index (χ1n) is 5.52. The molecule has 0 fully saturated rings. The summed E-state index contributed by atoms with van der Waals surface area (Å²) < 4.78 is 23.4. The van der Waals surface area contributed by atoms with Crippen LogP contribution in [0.4, 0.5) is 0 Å². The standard InChI is InChI=1S/C11H12Br3NO5S/c1-6(10(16)17)9(20-15)7-4-2-3-5-8(7)21(18,19)11(12,13)14/h2-6,9H,15H2,1H3,(H,16,17). The number of nitrogens with two attached hydrogens (primary N) is 1. The maximum absolute atomic E-state index is 12.5. The van der Waals surface area contributed by atoms with E-state index < -0.39 is 29.3 Å². The third kappa shape index (κ3) is 4.05. The minimum absolute atomic E-state index is 0.0980. The summed E-state index contributed by atoms with van der Waals surface area (Å²) in [6.45, 7) is 1.38. The van der Waals surface area contributed by atoms with Gasteiger partial charge in [0.1, 0.15) is 6.10 Å². The van der Waals surface area contributed by atoms with Crippen molar-refractivity contribution in [2.75, 3.05) is 0 Å². The van der Waals surface area contributed by atoms with E-state index in [1.165, 1.54) is 25.1 Å². The number of hydrogen-bond donors (Lipinski definition) is 2. The van der Waals surface area contributed by atoms with Gasteiger partial charge in [0.25, 0.3) is 0 Å². The number of aliphatic carboxylic acids is 1. The number of rotatable bonds is 5. The SMILES string of the molecule is CC(C(=O)O)C(ON)c1ccccc1S(=O)(=O)C(Br)(Br)Br. The van der Waals surface area contributed by atoms with Gasteiger partial charge in [-0.1, -0.05) is 18.2 Å². The Kier molecular flexibility index (Phi) is 6.40. The lowest BCUT2D eigenvalue weighted by Gasteiger charge is -2.23. The molecule has 0 amide bonds. The summed E-state index contributed by atoms with van der Waals surface area (Å²) in [5.41, 5.74) is 0.164. The predicted octanol–water partition coefficient (Wildman–Crippen LogP) is 2.91. The number of carboxylic acid groups (broad SMARTS) is 1. The zero-order valence-electron chi connectivity index (χ0n) is 10.7. The average Bonchev–Trinajstić information content (AvgIpc) is 2.38. The maximum Gasteiger partial charge on any atom is 0.309 e. The minimum Gasteiger partial charge on any atom is -0.481 e. The Morgan fingerprint density at radius 3 is 2.29 bits per heavy atom. The Bertz CT molecular complexity index is 629. The van der Waals surface area contributed by atoms with E-state index >= 15 is 0 Å². The molecule has 2 unspecified atom stereocenters. The Morgan fingerprint density at radius 1 is 1.33 bits per heavy atom. The molecule has 118 valence electrons. The molecular formula is C11H12Br3NO5S. The molecule has 0 aliphatic carbocycles. The average molecular weight is 510 g/mol. The predicted molar refractivity (Wildman–Crippen MR) is 88.0 cm³/mol. The molecule has 0 aliphatic heterocycles. The van der Waals surface area contributed by atoms with Gasteiger partial charge in [-0.3, -0.25) is 9.63 Å². The van der Waals surface area contributed by atoms with E-state index in [-0.39, 0.29) is 10.5 Å². The van der Waals surface area contributed by atoms with Crippen LogP contribution in [-0.4, -0.2) is 21.0 Å². The molecule has 0 radical (unpaired) electrons. The van der Waals surface area contributed by atoms with Gasteiger partial charge in [-0.25, -0.2) is 14.3 Å². The van der Waals surface area contributed by atoms with Crippen LogP contribution in [0.25, 0.3) is 0 Å². The van der Waals surface area contributed by atoms with E-state index in [1.807, 2.05) is 0 Å². The van der Waals surface area contributed by atoms with Crippen LogP contribution in [0.2, 0.25) is 0 Å². The minimum atomic E-state index is -3.90. The third-order valence-corrected chi connectivity index (χ3v) is 8.21. The summed E-state index contributed by atoms with van der Waals surface area (Å²) in [5, 5.41) is 9.09. The van der Waals surface area contributed by atoms with Crippen molar-refractivity contribution < 1.29 is 23.2 Å². The van der Waals surface area contributed by atoms with Gasteiger partial charge in [0.15, 0.2) is 0 Å². The summed E-state index contributed by atoms with van der Waals surface area (Å²) in [7, 11) is -3.90. The Balaban J connectivity index is 3.50. The number of hydrogen-bond acceptors (Lipinski definition) is 5. The summed E-state index contributed by atoms with van der Waals surface area (Å²) in [5.74, 6) is 2.99. The van der Waals surface area contributed by atoms with Crippen LogP contribution < -0.4 is 5.90 Å². The molecule has 10 heteroatoms. The topological polar surface area (TPSA) is 107 Å². The van der Waals surface area contributed by atoms with Gasteiger partial charge in [0.05, 0.1) is 10.8 Å². The fourth-order valence-corrected chi connectivity index (χ4v) is 4.25. The molecule has 0 saturated carbocycles. The zero-order chi connectivity index (χ0) is 16.4. The second-order valence-corrected chi connectivity index (χ2v) is 14.6. The molecule has 0 spiro atoms. The highest BCUT2D eigenvalue weighted by atomic mass is 80.0. The molecular weight excluding hydrogens is 498 g/mol. The van der Waals surface area contributed by atoms with Gasteiger partial charge in [0.2, 0.25) is 11.3 Å². The van der Waals surface area contributed by atoms with Crippen LogP contribution in [0.15, 0.2) is 29.2 Å². The van der Waals surface area contributed by atoms with E-state index in [0.29, 0.717) is 0 Å². The highest BCUT2D eigenvalue weighted by Gasteiger charge is 2.41. The van der Waals surface area contributed by atoms with Crippen LogP contribution in [-0.2, 0) is 19.5 Å². The summed E-state index contributed by atoms with van der Waals surface area (Å²) >= 11 is 8.89. The van der Waals surface area contributed by atoms with Gasteiger partial charge in [-0.15, -0.1) is 0 Å². The van der Waals surface area contributed by atoms with Crippen LogP contribution in [0.5, 0.6) is 0 Å².